The molecule has 0 radical (unpaired) electrons. The number of benzene rings is 2. The predicted molar refractivity (Wildman–Crippen MR) is 110 cm³/mol. The van der Waals surface area contributed by atoms with Gasteiger partial charge in [-0.15, -0.1) is 0 Å². The summed E-state index contributed by atoms with van der Waals surface area (Å²) in [6, 6.07) is 15.0. The van der Waals surface area contributed by atoms with E-state index in [0.717, 1.165) is 21.3 Å². The van der Waals surface area contributed by atoms with Crippen molar-refractivity contribution >= 4 is 44.2 Å². The molecule has 2 aromatic carbocycles. The number of fused-ring (bicyclic) bond motifs is 1. The number of hydrogen-bond acceptors (Lipinski definition) is 4. The first-order chi connectivity index (χ1) is 13.0. The van der Waals surface area contributed by atoms with Crippen LogP contribution in [0.2, 0.25) is 5.02 Å². The van der Waals surface area contributed by atoms with Crippen molar-refractivity contribution in [1.82, 2.24) is 4.98 Å². The second kappa shape index (κ2) is 7.18. The fourth-order valence-electron chi connectivity index (χ4n) is 2.89. The number of carbonyl (C=O) groups is 1. The van der Waals surface area contributed by atoms with Gasteiger partial charge in [0.05, 0.1) is 23.0 Å². The molecule has 0 aliphatic rings. The lowest BCUT2D eigenvalue weighted by molar-refractivity contribution is 0.0983. The standard InChI is InChI=1S/C21H17ClN2O2S/c1-13-5-7-15(8-6-13)20(25)24(12-17-4-3-9-26-17)21-23-19-14(2)10-16(22)11-18(19)27-21/h3-11H,12H2,1-2H3. The number of thiazole rings is 1. The zero-order valence-corrected chi connectivity index (χ0v) is 16.5. The number of carbonyl (C=O) groups excluding carboxylic acids is 1. The number of halogens is 1. The summed E-state index contributed by atoms with van der Waals surface area (Å²) >= 11 is 7.63. The maximum Gasteiger partial charge on any atom is 0.260 e. The normalized spacial score (nSPS) is 11.1. The Kier molecular flexibility index (Phi) is 4.72. The van der Waals surface area contributed by atoms with Gasteiger partial charge in [-0.25, -0.2) is 4.98 Å². The Bertz CT molecular complexity index is 1100. The quantitative estimate of drug-likeness (QED) is 0.424. The maximum atomic E-state index is 13.2. The minimum Gasteiger partial charge on any atom is -0.467 e. The van der Waals surface area contributed by atoms with E-state index in [-0.39, 0.29) is 5.91 Å². The van der Waals surface area contributed by atoms with Crippen molar-refractivity contribution in [3.8, 4) is 0 Å². The molecule has 0 unspecified atom stereocenters. The molecular formula is C21H17ClN2O2S. The number of amides is 1. The summed E-state index contributed by atoms with van der Waals surface area (Å²) in [6.07, 6.45) is 1.60. The number of anilines is 1. The van der Waals surface area contributed by atoms with Crippen molar-refractivity contribution in [2.75, 3.05) is 4.90 Å². The van der Waals surface area contributed by atoms with Gasteiger partial charge in [0, 0.05) is 10.6 Å². The van der Waals surface area contributed by atoms with Crippen LogP contribution >= 0.6 is 22.9 Å². The second-order valence-corrected chi connectivity index (χ2v) is 7.85. The average Bonchev–Trinajstić information content (AvgIpc) is 3.29. The molecule has 4 rings (SSSR count). The molecule has 2 heterocycles. The predicted octanol–water partition coefficient (Wildman–Crippen LogP) is 6.01. The van der Waals surface area contributed by atoms with Crippen molar-refractivity contribution in [2.45, 2.75) is 20.4 Å². The minimum absolute atomic E-state index is 0.116. The molecule has 0 N–H and O–H groups in total. The zero-order valence-electron chi connectivity index (χ0n) is 14.9. The van der Waals surface area contributed by atoms with Crippen molar-refractivity contribution in [1.29, 1.82) is 0 Å². The molecule has 1 amide bonds. The first-order valence-electron chi connectivity index (χ1n) is 8.49. The van der Waals surface area contributed by atoms with Crippen LogP contribution in [0.1, 0.15) is 27.2 Å². The fraction of sp³-hybridized carbons (Fsp3) is 0.143. The van der Waals surface area contributed by atoms with E-state index in [9.17, 15) is 4.79 Å². The molecule has 0 fully saturated rings. The third-order valence-corrected chi connectivity index (χ3v) is 5.55. The number of aromatic nitrogens is 1. The van der Waals surface area contributed by atoms with E-state index in [0.29, 0.717) is 28.0 Å². The first kappa shape index (κ1) is 17.8. The van der Waals surface area contributed by atoms with Crippen LogP contribution in [0.4, 0.5) is 5.13 Å². The summed E-state index contributed by atoms with van der Waals surface area (Å²) in [5.74, 6) is 0.582. The zero-order chi connectivity index (χ0) is 19.0. The Balaban J connectivity index is 1.79. The Morgan fingerprint density at radius 2 is 1.96 bits per heavy atom. The van der Waals surface area contributed by atoms with E-state index in [1.54, 1.807) is 11.2 Å². The molecule has 0 saturated carbocycles. The lowest BCUT2D eigenvalue weighted by Gasteiger charge is -2.19. The molecule has 27 heavy (non-hydrogen) atoms. The van der Waals surface area contributed by atoms with E-state index in [1.807, 2.05) is 62.4 Å². The van der Waals surface area contributed by atoms with Gasteiger partial charge in [0.25, 0.3) is 5.91 Å². The summed E-state index contributed by atoms with van der Waals surface area (Å²) in [4.78, 5) is 19.6. The monoisotopic (exact) mass is 396 g/mol. The highest BCUT2D eigenvalue weighted by atomic mass is 35.5. The van der Waals surface area contributed by atoms with Crippen LogP contribution in [0.5, 0.6) is 0 Å². The molecule has 0 atom stereocenters. The molecule has 0 bridgehead atoms. The van der Waals surface area contributed by atoms with Gasteiger partial charge in [-0.2, -0.15) is 0 Å². The van der Waals surface area contributed by atoms with Gasteiger partial charge in [0.2, 0.25) is 0 Å². The van der Waals surface area contributed by atoms with Crippen LogP contribution in [0.15, 0.2) is 59.2 Å². The lowest BCUT2D eigenvalue weighted by Crippen LogP contribution is -2.30. The molecule has 4 nitrogen and oxygen atoms in total. The van der Waals surface area contributed by atoms with E-state index in [2.05, 4.69) is 0 Å². The Morgan fingerprint density at radius 1 is 1.19 bits per heavy atom. The Morgan fingerprint density at radius 3 is 2.67 bits per heavy atom. The number of aryl methyl sites for hydroxylation is 2. The maximum absolute atomic E-state index is 13.2. The summed E-state index contributed by atoms with van der Waals surface area (Å²) in [6.45, 7) is 4.28. The number of hydrogen-bond donors (Lipinski definition) is 0. The average molecular weight is 397 g/mol. The molecule has 0 aliphatic heterocycles. The van der Waals surface area contributed by atoms with Gasteiger partial charge >= 0.3 is 0 Å². The Labute approximate surface area is 166 Å². The van der Waals surface area contributed by atoms with Crippen molar-refractivity contribution in [3.05, 3.63) is 82.3 Å². The summed E-state index contributed by atoms with van der Waals surface area (Å²) in [5.41, 5.74) is 3.57. The molecule has 2 aromatic heterocycles. The molecule has 136 valence electrons. The van der Waals surface area contributed by atoms with Crippen LogP contribution in [-0.2, 0) is 6.54 Å². The second-order valence-electron chi connectivity index (χ2n) is 6.40. The highest BCUT2D eigenvalue weighted by molar-refractivity contribution is 7.22. The van der Waals surface area contributed by atoms with Crippen LogP contribution in [0.3, 0.4) is 0 Å². The molecule has 0 saturated heterocycles. The van der Waals surface area contributed by atoms with Crippen LogP contribution in [0, 0.1) is 13.8 Å². The van der Waals surface area contributed by atoms with Gasteiger partial charge in [-0.05, 0) is 55.8 Å². The summed E-state index contributed by atoms with van der Waals surface area (Å²) in [5, 5.41) is 1.29. The molecule has 0 aliphatic carbocycles. The lowest BCUT2D eigenvalue weighted by atomic mass is 10.1. The van der Waals surface area contributed by atoms with Crippen LogP contribution < -0.4 is 4.90 Å². The molecule has 0 spiro atoms. The smallest absolute Gasteiger partial charge is 0.260 e. The minimum atomic E-state index is -0.116. The van der Waals surface area contributed by atoms with Crippen molar-refractivity contribution in [2.24, 2.45) is 0 Å². The SMILES string of the molecule is Cc1ccc(C(=O)N(Cc2ccco2)c2nc3c(C)cc(Cl)cc3s2)cc1. The summed E-state index contributed by atoms with van der Waals surface area (Å²) in [7, 11) is 0. The third kappa shape index (κ3) is 3.61. The van der Waals surface area contributed by atoms with Crippen molar-refractivity contribution in [3.63, 3.8) is 0 Å². The molecule has 6 heteroatoms. The van der Waals surface area contributed by atoms with Gasteiger partial charge in [0.1, 0.15) is 5.76 Å². The van der Waals surface area contributed by atoms with Gasteiger partial charge in [0.15, 0.2) is 5.13 Å². The number of nitrogens with zero attached hydrogens (tertiary/aromatic N) is 2. The van der Waals surface area contributed by atoms with Crippen LogP contribution in [0.25, 0.3) is 10.2 Å². The van der Waals surface area contributed by atoms with Gasteiger partial charge < -0.3 is 4.42 Å². The number of furan rings is 1. The van der Waals surface area contributed by atoms with E-state index >= 15 is 0 Å². The highest BCUT2D eigenvalue weighted by Gasteiger charge is 2.23. The van der Waals surface area contributed by atoms with Gasteiger partial charge in [-0.3, -0.25) is 9.69 Å². The number of rotatable bonds is 4. The largest absolute Gasteiger partial charge is 0.467 e. The summed E-state index contributed by atoms with van der Waals surface area (Å²) < 4.78 is 6.42. The van der Waals surface area contributed by atoms with Crippen LogP contribution in [-0.4, -0.2) is 10.9 Å². The fourth-order valence-corrected chi connectivity index (χ4v) is 4.31. The third-order valence-electron chi connectivity index (χ3n) is 4.31. The molecule has 4 aromatic rings. The Hall–Kier alpha value is -2.63. The van der Waals surface area contributed by atoms with Crippen molar-refractivity contribution < 1.29 is 9.21 Å². The topological polar surface area (TPSA) is 46.3 Å². The van der Waals surface area contributed by atoms with E-state index in [4.69, 9.17) is 21.0 Å². The van der Waals surface area contributed by atoms with Gasteiger partial charge in [-0.1, -0.05) is 40.6 Å². The van der Waals surface area contributed by atoms with E-state index < -0.39 is 0 Å². The van der Waals surface area contributed by atoms with E-state index in [1.165, 1.54) is 11.3 Å². The highest BCUT2D eigenvalue weighted by Crippen LogP contribution is 2.34. The molecular weight excluding hydrogens is 380 g/mol. The first-order valence-corrected chi connectivity index (χ1v) is 9.68.